The van der Waals surface area contributed by atoms with Gasteiger partial charge in [0.15, 0.2) is 0 Å². The van der Waals surface area contributed by atoms with Gasteiger partial charge in [-0.25, -0.2) is 13.8 Å². The predicted octanol–water partition coefficient (Wildman–Crippen LogP) is 2.95. The second-order valence-electron chi connectivity index (χ2n) is 5.91. The lowest BCUT2D eigenvalue weighted by molar-refractivity contribution is -0.126. The molecule has 1 amide bonds. The van der Waals surface area contributed by atoms with Crippen molar-refractivity contribution in [1.82, 2.24) is 9.73 Å². The van der Waals surface area contributed by atoms with Crippen LogP contribution in [0.5, 0.6) is 0 Å². The highest BCUT2D eigenvalue weighted by molar-refractivity contribution is 7.89. The van der Waals surface area contributed by atoms with Gasteiger partial charge in [-0.15, -0.1) is 11.3 Å². The molecule has 0 spiro atoms. The molecule has 1 saturated heterocycles. The number of nitrogens with zero attached hydrogens (tertiary/aromatic N) is 2. The largest absolute Gasteiger partial charge is 0.273 e. The second-order valence-corrected chi connectivity index (χ2v) is 9.26. The number of hydrogen-bond acceptors (Lipinski definition) is 5. The smallest absolute Gasteiger partial charge is 0.244 e. The normalized spacial score (nSPS) is 18.9. The minimum absolute atomic E-state index is 0.144. The molecular formula is C17H18ClN3O3S2. The van der Waals surface area contributed by atoms with Crippen LogP contribution < -0.4 is 5.43 Å². The number of hydrazone groups is 1. The molecule has 1 aliphatic rings. The van der Waals surface area contributed by atoms with Gasteiger partial charge in [0.25, 0.3) is 0 Å². The summed E-state index contributed by atoms with van der Waals surface area (Å²) in [5, 5.41) is 6.34. The van der Waals surface area contributed by atoms with Gasteiger partial charge in [-0.3, -0.25) is 4.79 Å². The first-order chi connectivity index (χ1) is 12.5. The quantitative estimate of drug-likeness (QED) is 0.606. The topological polar surface area (TPSA) is 78.8 Å². The van der Waals surface area contributed by atoms with Crippen molar-refractivity contribution in [1.29, 1.82) is 0 Å². The van der Waals surface area contributed by atoms with Gasteiger partial charge < -0.3 is 0 Å². The summed E-state index contributed by atoms with van der Waals surface area (Å²) in [5.41, 5.74) is 2.51. The molecule has 1 N–H and O–H groups in total. The average molecular weight is 412 g/mol. The van der Waals surface area contributed by atoms with E-state index in [0.29, 0.717) is 24.4 Å². The molecular weight excluding hydrogens is 394 g/mol. The summed E-state index contributed by atoms with van der Waals surface area (Å²) in [4.78, 5) is 13.4. The van der Waals surface area contributed by atoms with Crippen molar-refractivity contribution in [3.05, 3.63) is 51.7 Å². The first-order valence-electron chi connectivity index (χ1n) is 8.09. The second kappa shape index (κ2) is 8.30. The highest BCUT2D eigenvalue weighted by Crippen LogP contribution is 2.24. The first-order valence-corrected chi connectivity index (χ1v) is 10.8. The maximum atomic E-state index is 12.8. The Morgan fingerprint density at radius 2 is 2.08 bits per heavy atom. The van der Waals surface area contributed by atoms with E-state index < -0.39 is 15.9 Å². The first kappa shape index (κ1) is 19.0. The lowest BCUT2D eigenvalue weighted by atomic mass is 9.99. The van der Waals surface area contributed by atoms with Gasteiger partial charge in [0.2, 0.25) is 15.9 Å². The zero-order chi connectivity index (χ0) is 18.6. The number of piperidine rings is 1. The van der Waals surface area contributed by atoms with E-state index >= 15 is 0 Å². The maximum Gasteiger partial charge on any atom is 0.244 e. The molecule has 1 atom stereocenters. The molecule has 9 heteroatoms. The zero-order valence-electron chi connectivity index (χ0n) is 13.8. The summed E-state index contributed by atoms with van der Waals surface area (Å²) in [6.07, 6.45) is 2.83. The fourth-order valence-corrected chi connectivity index (χ4v) is 4.98. The van der Waals surface area contributed by atoms with Gasteiger partial charge in [0.05, 0.1) is 17.0 Å². The Hall–Kier alpha value is -1.74. The molecule has 26 heavy (non-hydrogen) atoms. The SMILES string of the molecule is O=C(NN=Cc1cccs1)C1CCCN(S(=O)(=O)c2ccc(Cl)cc2)C1. The van der Waals surface area contributed by atoms with E-state index in [-0.39, 0.29) is 17.3 Å². The van der Waals surface area contributed by atoms with E-state index in [0.717, 1.165) is 4.88 Å². The fourth-order valence-electron chi connectivity index (χ4n) is 2.75. The number of carbonyl (C=O) groups is 1. The van der Waals surface area contributed by atoms with Crippen molar-refractivity contribution in [3.8, 4) is 0 Å². The zero-order valence-corrected chi connectivity index (χ0v) is 16.2. The number of carbonyl (C=O) groups excluding carboxylic acids is 1. The van der Waals surface area contributed by atoms with Crippen LogP contribution in [0, 0.1) is 5.92 Å². The number of rotatable bonds is 5. The van der Waals surface area contributed by atoms with Gasteiger partial charge in [-0.05, 0) is 48.6 Å². The Kier molecular flexibility index (Phi) is 6.08. The molecule has 0 saturated carbocycles. The van der Waals surface area contributed by atoms with Crippen LogP contribution in [-0.2, 0) is 14.8 Å². The molecule has 6 nitrogen and oxygen atoms in total. The van der Waals surface area contributed by atoms with Gasteiger partial charge in [-0.1, -0.05) is 17.7 Å². The minimum Gasteiger partial charge on any atom is -0.273 e. The van der Waals surface area contributed by atoms with Crippen LogP contribution in [0.1, 0.15) is 17.7 Å². The molecule has 3 rings (SSSR count). The van der Waals surface area contributed by atoms with Crippen LogP contribution >= 0.6 is 22.9 Å². The Balaban J connectivity index is 1.64. The summed E-state index contributed by atoms with van der Waals surface area (Å²) in [6.45, 7) is 0.540. The Morgan fingerprint density at radius 3 is 2.77 bits per heavy atom. The van der Waals surface area contributed by atoms with Crippen molar-refractivity contribution >= 4 is 45.1 Å². The third kappa shape index (κ3) is 4.50. The molecule has 138 valence electrons. The summed E-state index contributed by atoms with van der Waals surface area (Å²) < 4.78 is 26.9. The van der Waals surface area contributed by atoms with Crippen molar-refractivity contribution in [2.24, 2.45) is 11.0 Å². The Morgan fingerprint density at radius 1 is 1.31 bits per heavy atom. The average Bonchev–Trinajstić information content (AvgIpc) is 3.15. The van der Waals surface area contributed by atoms with Gasteiger partial charge in [0.1, 0.15) is 0 Å². The van der Waals surface area contributed by atoms with Gasteiger partial charge >= 0.3 is 0 Å². The monoisotopic (exact) mass is 411 g/mol. The summed E-state index contributed by atoms with van der Waals surface area (Å²) in [7, 11) is -3.64. The number of benzene rings is 1. The van der Waals surface area contributed by atoms with E-state index in [9.17, 15) is 13.2 Å². The standard InChI is InChI=1S/C17H18ClN3O3S2/c18-14-5-7-16(8-6-14)26(23,24)21-9-1-3-13(12-21)17(22)20-19-11-15-4-2-10-25-15/h2,4-8,10-11,13H,1,3,9,12H2,(H,20,22). The van der Waals surface area contributed by atoms with E-state index in [1.165, 1.54) is 27.8 Å². The fraction of sp³-hybridized carbons (Fsp3) is 0.294. The molecule has 1 aromatic heterocycles. The van der Waals surface area contributed by atoms with Crippen LogP contribution in [0.2, 0.25) is 5.02 Å². The van der Waals surface area contributed by atoms with E-state index in [2.05, 4.69) is 10.5 Å². The predicted molar refractivity (Wildman–Crippen MR) is 103 cm³/mol. The van der Waals surface area contributed by atoms with Gasteiger partial charge in [0, 0.05) is 23.0 Å². The van der Waals surface area contributed by atoms with Crippen molar-refractivity contribution in [2.75, 3.05) is 13.1 Å². The molecule has 0 bridgehead atoms. The van der Waals surface area contributed by atoms with Gasteiger partial charge in [-0.2, -0.15) is 9.41 Å². The number of sulfonamides is 1. The van der Waals surface area contributed by atoms with Crippen LogP contribution in [0.3, 0.4) is 0 Å². The van der Waals surface area contributed by atoms with Crippen molar-refractivity contribution in [2.45, 2.75) is 17.7 Å². The Bertz CT molecular complexity index is 880. The van der Waals surface area contributed by atoms with Crippen molar-refractivity contribution < 1.29 is 13.2 Å². The lowest BCUT2D eigenvalue weighted by Gasteiger charge is -2.30. The molecule has 1 unspecified atom stereocenters. The maximum absolute atomic E-state index is 12.8. The Labute approximate surface area is 161 Å². The minimum atomic E-state index is -3.64. The molecule has 0 aliphatic carbocycles. The molecule has 2 heterocycles. The number of nitrogens with one attached hydrogen (secondary N) is 1. The number of amides is 1. The third-order valence-corrected chi connectivity index (χ3v) is 7.05. The summed E-state index contributed by atoms with van der Waals surface area (Å²) >= 11 is 7.34. The van der Waals surface area contributed by atoms with Crippen LogP contribution in [0.15, 0.2) is 51.8 Å². The van der Waals surface area contributed by atoms with E-state index in [1.54, 1.807) is 18.3 Å². The van der Waals surface area contributed by atoms with E-state index in [1.807, 2.05) is 17.5 Å². The molecule has 1 aromatic carbocycles. The highest BCUT2D eigenvalue weighted by Gasteiger charge is 2.33. The van der Waals surface area contributed by atoms with Crippen LogP contribution in [0.25, 0.3) is 0 Å². The van der Waals surface area contributed by atoms with E-state index in [4.69, 9.17) is 11.6 Å². The van der Waals surface area contributed by atoms with Crippen LogP contribution in [-0.4, -0.2) is 37.9 Å². The number of thiophene rings is 1. The van der Waals surface area contributed by atoms with Crippen LogP contribution in [0.4, 0.5) is 0 Å². The summed E-state index contributed by atoms with van der Waals surface area (Å²) in [6, 6.07) is 9.83. The lowest BCUT2D eigenvalue weighted by Crippen LogP contribution is -2.44. The molecule has 1 aliphatic heterocycles. The molecule has 0 radical (unpaired) electrons. The highest BCUT2D eigenvalue weighted by atomic mass is 35.5. The summed E-state index contributed by atoms with van der Waals surface area (Å²) in [5.74, 6) is -0.694. The molecule has 2 aromatic rings. The number of halogens is 1. The molecule has 1 fully saturated rings. The number of hydrogen-bond donors (Lipinski definition) is 1. The van der Waals surface area contributed by atoms with Crippen molar-refractivity contribution in [3.63, 3.8) is 0 Å². The third-order valence-electron chi connectivity index (χ3n) is 4.12.